The summed E-state index contributed by atoms with van der Waals surface area (Å²) in [4.78, 5) is 12.0. The third kappa shape index (κ3) is 5.32. The number of carbonyl (C=O) groups excluding carboxylic acids is 1. The van der Waals surface area contributed by atoms with Gasteiger partial charge in [-0.05, 0) is 37.8 Å². The molecule has 0 saturated carbocycles. The second kappa shape index (κ2) is 7.51. The van der Waals surface area contributed by atoms with Crippen LogP contribution in [-0.4, -0.2) is 42.9 Å². The highest BCUT2D eigenvalue weighted by atomic mass is 32.2. The van der Waals surface area contributed by atoms with Crippen LogP contribution in [0.4, 0.5) is 0 Å². The molecule has 0 aromatic heterocycles. The fourth-order valence-electron chi connectivity index (χ4n) is 2.62. The Morgan fingerprint density at radius 3 is 2.77 bits per heavy atom. The van der Waals surface area contributed by atoms with Crippen LogP contribution in [0.2, 0.25) is 0 Å². The molecule has 0 unspecified atom stereocenters. The predicted octanol–water partition coefficient (Wildman–Crippen LogP) is 1.96. The molecule has 1 aliphatic heterocycles. The Kier molecular flexibility index (Phi) is 5.92. The van der Waals surface area contributed by atoms with Gasteiger partial charge in [0.05, 0.1) is 17.3 Å². The molecule has 1 N–H and O–H groups in total. The topological polar surface area (TPSA) is 63.2 Å². The average Bonchev–Trinajstić information content (AvgIpc) is 2.78. The molecule has 1 amide bonds. The summed E-state index contributed by atoms with van der Waals surface area (Å²) in [7, 11) is -2.86. The molecule has 0 bridgehead atoms. The van der Waals surface area contributed by atoms with Crippen molar-refractivity contribution in [1.82, 2.24) is 5.32 Å². The SMILES string of the molecule is Cc1ccccc1C[C@H](C)NC(=O)CS[C@@H]1CCS(=O)(=O)C1. The van der Waals surface area contributed by atoms with E-state index in [1.54, 1.807) is 0 Å². The van der Waals surface area contributed by atoms with E-state index in [-0.39, 0.29) is 28.7 Å². The van der Waals surface area contributed by atoms with Crippen LogP contribution in [0.5, 0.6) is 0 Å². The van der Waals surface area contributed by atoms with Gasteiger partial charge in [0.2, 0.25) is 5.91 Å². The van der Waals surface area contributed by atoms with Crippen LogP contribution < -0.4 is 5.32 Å². The van der Waals surface area contributed by atoms with Crippen molar-refractivity contribution in [3.8, 4) is 0 Å². The van der Waals surface area contributed by atoms with E-state index < -0.39 is 9.84 Å². The maximum Gasteiger partial charge on any atom is 0.230 e. The molecule has 2 atom stereocenters. The van der Waals surface area contributed by atoms with E-state index in [9.17, 15) is 13.2 Å². The highest BCUT2D eigenvalue weighted by Gasteiger charge is 2.28. The zero-order valence-corrected chi connectivity index (χ0v) is 14.7. The molecule has 1 aromatic carbocycles. The van der Waals surface area contributed by atoms with E-state index in [1.165, 1.54) is 22.9 Å². The number of carbonyl (C=O) groups is 1. The number of benzene rings is 1. The minimum Gasteiger partial charge on any atom is -0.353 e. The Hall–Kier alpha value is -1.01. The van der Waals surface area contributed by atoms with E-state index in [0.29, 0.717) is 12.2 Å². The first-order chi connectivity index (χ1) is 10.4. The van der Waals surface area contributed by atoms with Crippen LogP contribution in [0.15, 0.2) is 24.3 Å². The number of nitrogens with one attached hydrogen (secondary N) is 1. The van der Waals surface area contributed by atoms with Gasteiger partial charge in [0.25, 0.3) is 0 Å². The Morgan fingerprint density at radius 1 is 1.41 bits per heavy atom. The lowest BCUT2D eigenvalue weighted by Gasteiger charge is -2.16. The minimum absolute atomic E-state index is 0.0182. The number of rotatable bonds is 6. The van der Waals surface area contributed by atoms with Crippen LogP contribution in [0.1, 0.15) is 24.5 Å². The molecule has 0 spiro atoms. The zero-order valence-electron chi connectivity index (χ0n) is 13.0. The second-order valence-corrected chi connectivity index (χ2v) is 9.45. The first-order valence-electron chi connectivity index (χ1n) is 7.51. The van der Waals surface area contributed by atoms with Gasteiger partial charge in [-0.15, -0.1) is 11.8 Å². The van der Waals surface area contributed by atoms with Crippen LogP contribution in [0.25, 0.3) is 0 Å². The average molecular weight is 341 g/mol. The molecule has 1 saturated heterocycles. The lowest BCUT2D eigenvalue weighted by atomic mass is 10.0. The fourth-order valence-corrected chi connectivity index (χ4v) is 6.08. The third-order valence-corrected chi connectivity index (χ3v) is 7.12. The maximum absolute atomic E-state index is 12.0. The molecular formula is C16H23NO3S2. The summed E-state index contributed by atoms with van der Waals surface area (Å²) < 4.78 is 22.8. The predicted molar refractivity (Wildman–Crippen MR) is 92.0 cm³/mol. The highest BCUT2D eigenvalue weighted by molar-refractivity contribution is 8.02. The van der Waals surface area contributed by atoms with Crippen molar-refractivity contribution in [2.75, 3.05) is 17.3 Å². The van der Waals surface area contributed by atoms with Crippen molar-refractivity contribution in [3.05, 3.63) is 35.4 Å². The summed E-state index contributed by atoms with van der Waals surface area (Å²) in [5, 5.41) is 3.06. The number of amides is 1. The lowest BCUT2D eigenvalue weighted by molar-refractivity contribution is -0.119. The van der Waals surface area contributed by atoms with Crippen molar-refractivity contribution in [2.45, 2.75) is 38.0 Å². The van der Waals surface area contributed by atoms with Crippen LogP contribution in [-0.2, 0) is 21.1 Å². The second-order valence-electron chi connectivity index (χ2n) is 5.94. The molecule has 1 fully saturated rings. The highest BCUT2D eigenvalue weighted by Crippen LogP contribution is 2.24. The van der Waals surface area contributed by atoms with Gasteiger partial charge in [-0.25, -0.2) is 8.42 Å². The monoisotopic (exact) mass is 341 g/mol. The maximum atomic E-state index is 12.0. The molecule has 4 nitrogen and oxygen atoms in total. The van der Waals surface area contributed by atoms with Crippen molar-refractivity contribution in [3.63, 3.8) is 0 Å². The summed E-state index contributed by atoms with van der Waals surface area (Å²) in [6, 6.07) is 8.24. The van der Waals surface area contributed by atoms with Gasteiger partial charge in [-0.2, -0.15) is 0 Å². The van der Waals surface area contributed by atoms with E-state index >= 15 is 0 Å². The molecule has 1 heterocycles. The summed E-state index contributed by atoms with van der Waals surface area (Å²) >= 11 is 1.45. The van der Waals surface area contributed by atoms with Crippen molar-refractivity contribution in [1.29, 1.82) is 0 Å². The Labute approximate surface area is 137 Å². The molecule has 122 valence electrons. The molecule has 6 heteroatoms. The quantitative estimate of drug-likeness (QED) is 0.859. The van der Waals surface area contributed by atoms with Crippen LogP contribution in [0.3, 0.4) is 0 Å². The summed E-state index contributed by atoms with van der Waals surface area (Å²) in [6.07, 6.45) is 1.47. The van der Waals surface area contributed by atoms with E-state index in [2.05, 4.69) is 24.4 Å². The van der Waals surface area contributed by atoms with Crippen LogP contribution >= 0.6 is 11.8 Å². The number of sulfone groups is 1. The largest absolute Gasteiger partial charge is 0.353 e. The van der Waals surface area contributed by atoms with Crippen molar-refractivity contribution < 1.29 is 13.2 Å². The molecule has 1 aromatic rings. The van der Waals surface area contributed by atoms with Gasteiger partial charge in [0.1, 0.15) is 0 Å². The molecule has 0 radical (unpaired) electrons. The van der Waals surface area contributed by atoms with E-state index in [4.69, 9.17) is 0 Å². The molecular weight excluding hydrogens is 318 g/mol. The third-order valence-electron chi connectivity index (χ3n) is 3.84. The molecule has 0 aliphatic carbocycles. The standard InChI is InChI=1S/C16H23NO3S2/c1-12-5-3-4-6-14(12)9-13(2)17-16(18)10-21-15-7-8-22(19,20)11-15/h3-6,13,15H,7-11H2,1-2H3,(H,17,18)/t13-,15+/m0/s1. The smallest absolute Gasteiger partial charge is 0.230 e. The molecule has 22 heavy (non-hydrogen) atoms. The Balaban J connectivity index is 1.74. The number of aryl methyl sites for hydroxylation is 1. The fraction of sp³-hybridized carbons (Fsp3) is 0.562. The summed E-state index contributed by atoms with van der Waals surface area (Å²) in [6.45, 7) is 4.06. The first-order valence-corrected chi connectivity index (χ1v) is 10.4. The minimum atomic E-state index is -2.86. The number of hydrogen-bond donors (Lipinski definition) is 1. The lowest BCUT2D eigenvalue weighted by Crippen LogP contribution is -2.35. The van der Waals surface area contributed by atoms with Gasteiger partial charge in [0, 0.05) is 11.3 Å². The number of thioether (sulfide) groups is 1. The first kappa shape index (κ1) is 17.3. The van der Waals surface area contributed by atoms with Gasteiger partial charge in [0.15, 0.2) is 9.84 Å². The van der Waals surface area contributed by atoms with Gasteiger partial charge >= 0.3 is 0 Å². The van der Waals surface area contributed by atoms with Crippen LogP contribution in [0, 0.1) is 6.92 Å². The zero-order chi connectivity index (χ0) is 16.2. The Bertz CT molecular complexity index is 628. The molecule has 1 aliphatic rings. The Morgan fingerprint density at radius 2 is 2.14 bits per heavy atom. The number of hydrogen-bond acceptors (Lipinski definition) is 4. The van der Waals surface area contributed by atoms with Gasteiger partial charge in [-0.3, -0.25) is 4.79 Å². The van der Waals surface area contributed by atoms with E-state index in [0.717, 1.165) is 6.42 Å². The van der Waals surface area contributed by atoms with Gasteiger partial charge in [-0.1, -0.05) is 24.3 Å². The normalized spacial score (nSPS) is 21.5. The van der Waals surface area contributed by atoms with Crippen molar-refractivity contribution in [2.24, 2.45) is 0 Å². The summed E-state index contributed by atoms with van der Waals surface area (Å²) in [5.41, 5.74) is 2.47. The van der Waals surface area contributed by atoms with Gasteiger partial charge < -0.3 is 5.32 Å². The molecule has 2 rings (SSSR count). The van der Waals surface area contributed by atoms with E-state index in [1.807, 2.05) is 19.1 Å². The summed E-state index contributed by atoms with van der Waals surface area (Å²) in [5.74, 6) is 0.785. The van der Waals surface area contributed by atoms with Crippen molar-refractivity contribution >= 4 is 27.5 Å².